The Hall–Kier alpha value is -1.97. The molecule has 8 heteroatoms. The summed E-state index contributed by atoms with van der Waals surface area (Å²) < 4.78 is 12.9. The van der Waals surface area contributed by atoms with Crippen LogP contribution in [0.4, 0.5) is 0 Å². The average molecular weight is 529 g/mol. The highest BCUT2D eigenvalue weighted by molar-refractivity contribution is 14.0. The van der Waals surface area contributed by atoms with E-state index in [1.807, 2.05) is 36.0 Å². The first-order chi connectivity index (χ1) is 13.9. The van der Waals surface area contributed by atoms with Gasteiger partial charge in [-0.1, -0.05) is 0 Å². The standard InChI is InChI=1S/C22H35N5O2.HI/c1-7-23-22(25-16(2)15-21-17(3)26-27(5)18(21)4)24-13-8-14-29-20-11-9-19(28-6)10-12-20;/h9-12,16H,7-8,13-15H2,1-6H3,(H2,23,24,25);1H. The van der Waals surface area contributed by atoms with Crippen LogP contribution in [0, 0.1) is 13.8 Å². The van der Waals surface area contributed by atoms with E-state index in [4.69, 9.17) is 9.47 Å². The molecule has 1 aromatic carbocycles. The number of halogens is 1. The highest BCUT2D eigenvalue weighted by Gasteiger charge is 2.13. The third kappa shape index (κ3) is 8.04. The van der Waals surface area contributed by atoms with Crippen LogP contribution in [-0.2, 0) is 13.5 Å². The van der Waals surface area contributed by atoms with Crippen molar-refractivity contribution in [1.82, 2.24) is 20.4 Å². The maximum absolute atomic E-state index is 5.76. The van der Waals surface area contributed by atoms with Crippen LogP contribution in [0.2, 0.25) is 0 Å². The summed E-state index contributed by atoms with van der Waals surface area (Å²) in [6.45, 7) is 10.6. The van der Waals surface area contributed by atoms with Crippen LogP contribution in [0.1, 0.15) is 37.2 Å². The Bertz CT molecular complexity index is 790. The van der Waals surface area contributed by atoms with E-state index in [0.717, 1.165) is 42.5 Å². The van der Waals surface area contributed by atoms with E-state index in [-0.39, 0.29) is 30.0 Å². The first-order valence-electron chi connectivity index (χ1n) is 10.2. The van der Waals surface area contributed by atoms with E-state index in [1.165, 1.54) is 11.3 Å². The summed E-state index contributed by atoms with van der Waals surface area (Å²) >= 11 is 0. The van der Waals surface area contributed by atoms with Crippen LogP contribution in [-0.4, -0.2) is 48.6 Å². The summed E-state index contributed by atoms with van der Waals surface area (Å²) in [7, 11) is 3.65. The van der Waals surface area contributed by atoms with Crippen molar-refractivity contribution >= 4 is 29.9 Å². The maximum atomic E-state index is 5.76. The molecule has 0 bridgehead atoms. The summed E-state index contributed by atoms with van der Waals surface area (Å²) in [4.78, 5) is 4.68. The molecule has 0 fully saturated rings. The number of hydrogen-bond donors (Lipinski definition) is 2. The molecule has 0 aliphatic rings. The third-order valence-electron chi connectivity index (χ3n) is 4.80. The summed E-state index contributed by atoms with van der Waals surface area (Å²) in [6.07, 6.45) is 1.76. The Morgan fingerprint density at radius 3 is 2.43 bits per heavy atom. The lowest BCUT2D eigenvalue weighted by Crippen LogP contribution is -2.43. The monoisotopic (exact) mass is 529 g/mol. The highest BCUT2D eigenvalue weighted by atomic mass is 127. The molecule has 0 amide bonds. The molecule has 2 aromatic rings. The summed E-state index contributed by atoms with van der Waals surface area (Å²) in [6, 6.07) is 7.88. The largest absolute Gasteiger partial charge is 0.497 e. The Kier molecular flexibility index (Phi) is 11.6. The van der Waals surface area contributed by atoms with Crippen LogP contribution in [0.15, 0.2) is 29.3 Å². The van der Waals surface area contributed by atoms with E-state index in [0.29, 0.717) is 13.2 Å². The predicted molar refractivity (Wildman–Crippen MR) is 133 cm³/mol. The molecule has 30 heavy (non-hydrogen) atoms. The van der Waals surface area contributed by atoms with Gasteiger partial charge >= 0.3 is 0 Å². The lowest BCUT2D eigenvalue weighted by atomic mass is 10.1. The van der Waals surface area contributed by atoms with Gasteiger partial charge in [0, 0.05) is 38.3 Å². The molecular weight excluding hydrogens is 493 g/mol. The van der Waals surface area contributed by atoms with Gasteiger partial charge in [-0.25, -0.2) is 0 Å². The number of hydrogen-bond acceptors (Lipinski definition) is 4. The van der Waals surface area contributed by atoms with Crippen molar-refractivity contribution in [2.24, 2.45) is 12.0 Å². The molecule has 0 saturated heterocycles. The van der Waals surface area contributed by atoms with Gasteiger partial charge in [-0.2, -0.15) is 5.10 Å². The Morgan fingerprint density at radius 1 is 1.20 bits per heavy atom. The SMILES string of the molecule is CCNC(=NCCCOc1ccc(OC)cc1)NC(C)Cc1c(C)nn(C)c1C.I. The maximum Gasteiger partial charge on any atom is 0.191 e. The molecule has 2 rings (SSSR count). The zero-order valence-corrected chi connectivity index (χ0v) is 21.3. The summed E-state index contributed by atoms with van der Waals surface area (Å²) in [5.74, 6) is 2.51. The van der Waals surface area contributed by atoms with Crippen molar-refractivity contribution in [3.63, 3.8) is 0 Å². The number of benzene rings is 1. The molecule has 0 aliphatic heterocycles. The Labute approximate surface area is 197 Å². The van der Waals surface area contributed by atoms with E-state index >= 15 is 0 Å². The Balaban J connectivity index is 0.00000450. The minimum absolute atomic E-state index is 0. The van der Waals surface area contributed by atoms with E-state index in [1.54, 1.807) is 7.11 Å². The van der Waals surface area contributed by atoms with Crippen molar-refractivity contribution < 1.29 is 9.47 Å². The van der Waals surface area contributed by atoms with Crippen LogP contribution in [0.25, 0.3) is 0 Å². The molecule has 7 nitrogen and oxygen atoms in total. The number of rotatable bonds is 10. The third-order valence-corrected chi connectivity index (χ3v) is 4.80. The van der Waals surface area contributed by atoms with Gasteiger partial charge in [0.05, 0.1) is 19.4 Å². The summed E-state index contributed by atoms with van der Waals surface area (Å²) in [5, 5.41) is 11.3. The van der Waals surface area contributed by atoms with Crippen molar-refractivity contribution in [1.29, 1.82) is 0 Å². The second-order valence-electron chi connectivity index (χ2n) is 7.16. The molecule has 2 N–H and O–H groups in total. The molecule has 0 saturated carbocycles. The first kappa shape index (κ1) is 26.1. The molecule has 0 radical (unpaired) electrons. The number of ether oxygens (including phenoxy) is 2. The molecule has 1 heterocycles. The topological polar surface area (TPSA) is 72.7 Å². The van der Waals surface area contributed by atoms with Gasteiger partial charge in [0.15, 0.2) is 5.96 Å². The molecule has 0 aliphatic carbocycles. The van der Waals surface area contributed by atoms with Crippen LogP contribution >= 0.6 is 24.0 Å². The van der Waals surface area contributed by atoms with Crippen molar-refractivity contribution in [3.8, 4) is 11.5 Å². The minimum atomic E-state index is 0. The quantitative estimate of drug-likeness (QED) is 0.213. The van der Waals surface area contributed by atoms with Crippen molar-refractivity contribution in [2.75, 3.05) is 26.8 Å². The van der Waals surface area contributed by atoms with E-state index < -0.39 is 0 Å². The fourth-order valence-electron chi connectivity index (χ4n) is 3.14. The van der Waals surface area contributed by atoms with Gasteiger partial charge in [-0.3, -0.25) is 9.67 Å². The van der Waals surface area contributed by atoms with Gasteiger partial charge in [-0.05, 0) is 63.9 Å². The van der Waals surface area contributed by atoms with Crippen LogP contribution in [0.5, 0.6) is 11.5 Å². The number of guanidine groups is 1. The molecule has 1 unspecified atom stereocenters. The zero-order chi connectivity index (χ0) is 21.2. The van der Waals surface area contributed by atoms with Gasteiger partial charge in [-0.15, -0.1) is 24.0 Å². The predicted octanol–water partition coefficient (Wildman–Crippen LogP) is 3.62. The van der Waals surface area contributed by atoms with Gasteiger partial charge < -0.3 is 20.1 Å². The molecule has 0 spiro atoms. The van der Waals surface area contributed by atoms with Crippen LogP contribution in [0.3, 0.4) is 0 Å². The molecule has 1 atom stereocenters. The molecular formula is C22H36IN5O2. The lowest BCUT2D eigenvalue weighted by molar-refractivity contribution is 0.312. The Morgan fingerprint density at radius 2 is 1.87 bits per heavy atom. The van der Waals surface area contributed by atoms with Gasteiger partial charge in [0.1, 0.15) is 11.5 Å². The zero-order valence-electron chi connectivity index (χ0n) is 19.0. The second kappa shape index (κ2) is 13.4. The van der Waals surface area contributed by atoms with Gasteiger partial charge in [0.25, 0.3) is 0 Å². The number of aliphatic imine (C=N–C) groups is 1. The smallest absolute Gasteiger partial charge is 0.191 e. The fraction of sp³-hybridized carbons (Fsp3) is 0.545. The number of aromatic nitrogens is 2. The fourth-order valence-corrected chi connectivity index (χ4v) is 3.14. The highest BCUT2D eigenvalue weighted by Crippen LogP contribution is 2.17. The minimum Gasteiger partial charge on any atom is -0.497 e. The normalized spacial score (nSPS) is 12.1. The summed E-state index contributed by atoms with van der Waals surface area (Å²) in [5.41, 5.74) is 3.61. The average Bonchev–Trinajstić information content (AvgIpc) is 2.94. The van der Waals surface area contributed by atoms with E-state index in [9.17, 15) is 0 Å². The van der Waals surface area contributed by atoms with Gasteiger partial charge in [0.2, 0.25) is 0 Å². The number of methoxy groups -OCH3 is 1. The second-order valence-corrected chi connectivity index (χ2v) is 7.16. The first-order valence-corrected chi connectivity index (χ1v) is 10.2. The van der Waals surface area contributed by atoms with Crippen LogP contribution < -0.4 is 20.1 Å². The van der Waals surface area contributed by atoms with Crippen molar-refractivity contribution in [2.45, 2.75) is 46.6 Å². The molecule has 168 valence electrons. The van der Waals surface area contributed by atoms with Crippen molar-refractivity contribution in [3.05, 3.63) is 41.2 Å². The lowest BCUT2D eigenvalue weighted by Gasteiger charge is -2.18. The molecule has 1 aromatic heterocycles. The number of nitrogens with one attached hydrogen (secondary N) is 2. The van der Waals surface area contributed by atoms with E-state index in [2.05, 4.69) is 48.4 Å². The number of nitrogens with zero attached hydrogens (tertiary/aromatic N) is 3. The number of aryl methyl sites for hydroxylation is 2.